The van der Waals surface area contributed by atoms with Gasteiger partial charge < -0.3 is 5.11 Å². The first-order chi connectivity index (χ1) is 13.5. The van der Waals surface area contributed by atoms with Crippen molar-refractivity contribution in [2.24, 2.45) is 17.3 Å². The van der Waals surface area contributed by atoms with Crippen LogP contribution in [0.2, 0.25) is 0 Å². The van der Waals surface area contributed by atoms with Crippen molar-refractivity contribution in [1.29, 1.82) is 0 Å². The third kappa shape index (κ3) is 5.21. The van der Waals surface area contributed by atoms with Crippen LogP contribution in [0.1, 0.15) is 110 Å². The van der Waals surface area contributed by atoms with E-state index >= 15 is 0 Å². The molecule has 1 nitrogen and oxygen atoms in total. The van der Waals surface area contributed by atoms with Crippen LogP contribution in [-0.2, 0) is 0 Å². The average molecular weight is 385 g/mol. The maximum Gasteiger partial charge on any atom is 0.0583 e. The van der Waals surface area contributed by atoms with E-state index in [0.29, 0.717) is 5.41 Å². The monoisotopic (exact) mass is 384 g/mol. The van der Waals surface area contributed by atoms with E-state index in [1.165, 1.54) is 88.2 Å². The topological polar surface area (TPSA) is 20.2 Å². The molecule has 158 valence electrons. The molecule has 4 unspecified atom stereocenters. The summed E-state index contributed by atoms with van der Waals surface area (Å²) in [6, 6.07) is 0. The zero-order valence-corrected chi connectivity index (χ0v) is 18.6. The van der Waals surface area contributed by atoms with E-state index in [0.717, 1.165) is 31.1 Å². The standard InChI is InChI=1S/C27H44O/c1-4-5-6-7-8-9-12-24-16-18-26-22(11-10-19-27(24,26)3)14-15-23-20-25(28)17-13-21(23)2/h14-15,24-26,28H,2,4-13,16-20H2,1,3H3/b22-14-,23-15+. The summed E-state index contributed by atoms with van der Waals surface area (Å²) in [5, 5.41) is 10.0. The molecule has 0 aromatic rings. The Balaban J connectivity index is 1.59. The predicted molar refractivity (Wildman–Crippen MR) is 121 cm³/mol. The molecule has 3 aliphatic carbocycles. The van der Waals surface area contributed by atoms with Gasteiger partial charge in [-0.3, -0.25) is 0 Å². The Morgan fingerprint density at radius 1 is 1.04 bits per heavy atom. The summed E-state index contributed by atoms with van der Waals surface area (Å²) < 4.78 is 0. The normalized spacial score (nSPS) is 36.2. The molecule has 3 saturated carbocycles. The fourth-order valence-electron chi connectivity index (χ4n) is 6.39. The van der Waals surface area contributed by atoms with E-state index in [2.05, 4.69) is 32.6 Å². The van der Waals surface area contributed by atoms with Crippen molar-refractivity contribution in [2.75, 3.05) is 0 Å². The number of rotatable bonds is 8. The van der Waals surface area contributed by atoms with Gasteiger partial charge in [-0.15, -0.1) is 0 Å². The first-order valence-corrected chi connectivity index (χ1v) is 12.3. The second kappa shape index (κ2) is 10.3. The molecule has 0 aliphatic heterocycles. The molecule has 0 aromatic heterocycles. The molecule has 0 spiro atoms. The fourth-order valence-corrected chi connectivity index (χ4v) is 6.39. The van der Waals surface area contributed by atoms with Crippen LogP contribution < -0.4 is 0 Å². The number of unbranched alkanes of at least 4 members (excludes halogenated alkanes) is 5. The summed E-state index contributed by atoms with van der Waals surface area (Å²) in [5.41, 5.74) is 4.77. The molecule has 3 aliphatic rings. The highest BCUT2D eigenvalue weighted by Crippen LogP contribution is 2.58. The Hall–Kier alpha value is -0.820. The Morgan fingerprint density at radius 3 is 2.64 bits per heavy atom. The Labute approximate surface area is 174 Å². The first-order valence-electron chi connectivity index (χ1n) is 12.3. The molecular formula is C27H44O. The lowest BCUT2D eigenvalue weighted by atomic mass is 9.62. The van der Waals surface area contributed by atoms with Crippen molar-refractivity contribution in [3.63, 3.8) is 0 Å². The second-order valence-electron chi connectivity index (χ2n) is 10.2. The summed E-state index contributed by atoms with van der Waals surface area (Å²) in [7, 11) is 0. The zero-order chi connectivity index (χ0) is 20.0. The van der Waals surface area contributed by atoms with Gasteiger partial charge in [0, 0.05) is 0 Å². The summed E-state index contributed by atoms with van der Waals surface area (Å²) in [6.07, 6.45) is 24.1. The van der Waals surface area contributed by atoms with Crippen LogP contribution in [-0.4, -0.2) is 11.2 Å². The maximum absolute atomic E-state index is 10.0. The highest BCUT2D eigenvalue weighted by molar-refractivity contribution is 5.36. The number of hydrogen-bond donors (Lipinski definition) is 1. The van der Waals surface area contributed by atoms with E-state index in [1.807, 2.05) is 0 Å². The summed E-state index contributed by atoms with van der Waals surface area (Å²) in [4.78, 5) is 0. The van der Waals surface area contributed by atoms with E-state index in [1.54, 1.807) is 5.57 Å². The summed E-state index contributed by atoms with van der Waals surface area (Å²) in [6.45, 7) is 9.15. The highest BCUT2D eigenvalue weighted by atomic mass is 16.3. The minimum absolute atomic E-state index is 0.167. The molecular weight excluding hydrogens is 340 g/mol. The smallest absolute Gasteiger partial charge is 0.0583 e. The van der Waals surface area contributed by atoms with Gasteiger partial charge in [-0.25, -0.2) is 0 Å². The van der Waals surface area contributed by atoms with Crippen LogP contribution in [0.4, 0.5) is 0 Å². The lowest BCUT2D eigenvalue weighted by Gasteiger charge is -2.42. The third-order valence-electron chi connectivity index (χ3n) is 8.25. The van der Waals surface area contributed by atoms with Gasteiger partial charge in [0.2, 0.25) is 0 Å². The van der Waals surface area contributed by atoms with Gasteiger partial charge in [-0.2, -0.15) is 0 Å². The summed E-state index contributed by atoms with van der Waals surface area (Å²) >= 11 is 0. The van der Waals surface area contributed by atoms with Crippen molar-refractivity contribution in [3.8, 4) is 0 Å². The molecule has 4 atom stereocenters. The van der Waals surface area contributed by atoms with Crippen molar-refractivity contribution in [2.45, 2.75) is 116 Å². The molecule has 0 aromatic carbocycles. The number of hydrogen-bond acceptors (Lipinski definition) is 1. The molecule has 0 radical (unpaired) electrons. The van der Waals surface area contributed by atoms with Gasteiger partial charge in [0.15, 0.2) is 0 Å². The van der Waals surface area contributed by atoms with E-state index < -0.39 is 0 Å². The van der Waals surface area contributed by atoms with Crippen LogP contribution in [0.3, 0.4) is 0 Å². The van der Waals surface area contributed by atoms with Crippen molar-refractivity contribution in [1.82, 2.24) is 0 Å². The number of fused-ring (bicyclic) bond motifs is 1. The Bertz CT molecular complexity index is 583. The largest absolute Gasteiger partial charge is 0.393 e. The molecule has 0 bridgehead atoms. The molecule has 28 heavy (non-hydrogen) atoms. The van der Waals surface area contributed by atoms with Crippen LogP contribution in [0.25, 0.3) is 0 Å². The predicted octanol–water partition coefficient (Wildman–Crippen LogP) is 7.91. The Morgan fingerprint density at radius 2 is 1.82 bits per heavy atom. The van der Waals surface area contributed by atoms with Gasteiger partial charge in [-0.1, -0.05) is 82.2 Å². The van der Waals surface area contributed by atoms with Crippen molar-refractivity contribution in [3.05, 3.63) is 35.5 Å². The molecule has 3 rings (SSSR count). The van der Waals surface area contributed by atoms with E-state index in [-0.39, 0.29) is 6.10 Å². The van der Waals surface area contributed by atoms with E-state index in [9.17, 15) is 5.11 Å². The van der Waals surface area contributed by atoms with Gasteiger partial charge >= 0.3 is 0 Å². The van der Waals surface area contributed by atoms with Gasteiger partial charge in [-0.05, 0) is 80.6 Å². The van der Waals surface area contributed by atoms with Crippen LogP contribution in [0, 0.1) is 17.3 Å². The van der Waals surface area contributed by atoms with Crippen LogP contribution >= 0.6 is 0 Å². The third-order valence-corrected chi connectivity index (χ3v) is 8.25. The van der Waals surface area contributed by atoms with Gasteiger partial charge in [0.05, 0.1) is 6.10 Å². The lowest BCUT2D eigenvalue weighted by molar-refractivity contribution is 0.127. The SMILES string of the molecule is C=C1CCC(O)C/C1=C\C=C1\CCCC2(C)C(CCCCCCCC)CCC12. The molecule has 0 saturated heterocycles. The minimum atomic E-state index is -0.167. The quantitative estimate of drug-likeness (QED) is 0.421. The van der Waals surface area contributed by atoms with Crippen molar-refractivity contribution >= 4 is 0 Å². The maximum atomic E-state index is 10.0. The molecule has 3 fully saturated rings. The molecule has 1 N–H and O–H groups in total. The number of allylic oxidation sites excluding steroid dienone is 4. The first kappa shape index (κ1) is 21.9. The number of aliphatic hydroxyl groups excluding tert-OH is 1. The van der Waals surface area contributed by atoms with Crippen LogP contribution in [0.5, 0.6) is 0 Å². The lowest BCUT2D eigenvalue weighted by Crippen LogP contribution is -2.33. The number of aliphatic hydroxyl groups is 1. The fraction of sp³-hybridized carbons (Fsp3) is 0.778. The van der Waals surface area contributed by atoms with Gasteiger partial charge in [0.25, 0.3) is 0 Å². The minimum Gasteiger partial charge on any atom is -0.393 e. The second-order valence-corrected chi connectivity index (χ2v) is 10.2. The summed E-state index contributed by atoms with van der Waals surface area (Å²) in [5.74, 6) is 1.73. The highest BCUT2D eigenvalue weighted by Gasteiger charge is 2.48. The molecule has 1 heteroatoms. The van der Waals surface area contributed by atoms with Gasteiger partial charge in [0.1, 0.15) is 0 Å². The van der Waals surface area contributed by atoms with Crippen molar-refractivity contribution < 1.29 is 5.11 Å². The zero-order valence-electron chi connectivity index (χ0n) is 18.6. The Kier molecular flexibility index (Phi) is 8.03. The molecule has 0 heterocycles. The van der Waals surface area contributed by atoms with Crippen LogP contribution in [0.15, 0.2) is 35.5 Å². The van der Waals surface area contributed by atoms with E-state index in [4.69, 9.17) is 0 Å². The molecule has 0 amide bonds. The average Bonchev–Trinajstić information content (AvgIpc) is 3.02.